The summed E-state index contributed by atoms with van der Waals surface area (Å²) in [6, 6.07) is 15.1. The molecule has 0 aliphatic rings. The number of rotatable bonds is 3. The summed E-state index contributed by atoms with van der Waals surface area (Å²) in [4.78, 5) is 2.01. The SMILES string of the molecule is CN(Cc1c(N)cccc1Cl)c1cccc(C#N)c1. The van der Waals surface area contributed by atoms with E-state index < -0.39 is 0 Å². The first-order chi connectivity index (χ1) is 9.11. The van der Waals surface area contributed by atoms with Crippen molar-refractivity contribution in [3.05, 3.63) is 58.6 Å². The molecule has 0 radical (unpaired) electrons. The van der Waals surface area contributed by atoms with E-state index in [9.17, 15) is 0 Å². The summed E-state index contributed by atoms with van der Waals surface area (Å²) < 4.78 is 0. The molecule has 0 fully saturated rings. The van der Waals surface area contributed by atoms with Crippen molar-refractivity contribution >= 4 is 23.0 Å². The van der Waals surface area contributed by atoms with E-state index in [1.54, 1.807) is 6.07 Å². The van der Waals surface area contributed by atoms with Crippen LogP contribution in [-0.2, 0) is 6.54 Å². The maximum absolute atomic E-state index is 8.91. The minimum atomic E-state index is 0.598. The summed E-state index contributed by atoms with van der Waals surface area (Å²) in [6.45, 7) is 0.598. The zero-order valence-corrected chi connectivity index (χ0v) is 11.4. The van der Waals surface area contributed by atoms with Gasteiger partial charge < -0.3 is 10.6 Å². The second kappa shape index (κ2) is 5.64. The normalized spacial score (nSPS) is 9.95. The van der Waals surface area contributed by atoms with E-state index in [-0.39, 0.29) is 0 Å². The Bertz CT molecular complexity index is 611. The Hall–Kier alpha value is -2.18. The Kier molecular flexibility index (Phi) is 3.94. The molecule has 3 nitrogen and oxygen atoms in total. The lowest BCUT2D eigenvalue weighted by molar-refractivity contribution is 0.925. The van der Waals surface area contributed by atoms with Crippen LogP contribution in [0.1, 0.15) is 11.1 Å². The van der Waals surface area contributed by atoms with Gasteiger partial charge in [-0.2, -0.15) is 5.26 Å². The van der Waals surface area contributed by atoms with Crippen LogP contribution in [0.4, 0.5) is 11.4 Å². The van der Waals surface area contributed by atoms with Gasteiger partial charge in [-0.15, -0.1) is 0 Å². The Balaban J connectivity index is 2.26. The maximum Gasteiger partial charge on any atom is 0.0992 e. The Morgan fingerprint density at radius 1 is 1.26 bits per heavy atom. The molecule has 4 heteroatoms. The molecule has 0 saturated heterocycles. The van der Waals surface area contributed by atoms with Crippen molar-refractivity contribution in [1.29, 1.82) is 5.26 Å². The molecule has 0 saturated carbocycles. The number of nitrogens with zero attached hydrogens (tertiary/aromatic N) is 2. The van der Waals surface area contributed by atoms with Gasteiger partial charge in [0.1, 0.15) is 0 Å². The number of hydrogen-bond acceptors (Lipinski definition) is 3. The first kappa shape index (κ1) is 13.3. The molecule has 0 heterocycles. The zero-order chi connectivity index (χ0) is 13.8. The minimum Gasteiger partial charge on any atom is -0.398 e. The van der Waals surface area contributed by atoms with E-state index in [1.165, 1.54) is 0 Å². The van der Waals surface area contributed by atoms with Gasteiger partial charge in [0, 0.05) is 35.6 Å². The third-order valence-corrected chi connectivity index (χ3v) is 3.32. The smallest absolute Gasteiger partial charge is 0.0992 e. The second-order valence-corrected chi connectivity index (χ2v) is 4.73. The summed E-state index contributed by atoms with van der Waals surface area (Å²) in [7, 11) is 1.94. The highest BCUT2D eigenvalue weighted by Gasteiger charge is 2.09. The lowest BCUT2D eigenvalue weighted by atomic mass is 10.1. The van der Waals surface area contributed by atoms with Crippen LogP contribution in [0.25, 0.3) is 0 Å². The van der Waals surface area contributed by atoms with E-state index in [2.05, 4.69) is 6.07 Å². The van der Waals surface area contributed by atoms with E-state index in [0.29, 0.717) is 22.8 Å². The molecule has 0 bridgehead atoms. The molecule has 0 atom stereocenters. The number of nitrogen functional groups attached to an aromatic ring is 1. The third kappa shape index (κ3) is 2.98. The number of anilines is 2. The van der Waals surface area contributed by atoms with Gasteiger partial charge in [0.25, 0.3) is 0 Å². The van der Waals surface area contributed by atoms with Gasteiger partial charge in [-0.05, 0) is 30.3 Å². The van der Waals surface area contributed by atoms with Gasteiger partial charge in [-0.25, -0.2) is 0 Å². The Morgan fingerprint density at radius 3 is 2.68 bits per heavy atom. The highest BCUT2D eigenvalue weighted by Crippen LogP contribution is 2.25. The van der Waals surface area contributed by atoms with Crippen molar-refractivity contribution in [3.8, 4) is 6.07 Å². The van der Waals surface area contributed by atoms with E-state index in [0.717, 1.165) is 11.3 Å². The van der Waals surface area contributed by atoms with Gasteiger partial charge in [0.05, 0.1) is 11.6 Å². The van der Waals surface area contributed by atoms with Crippen LogP contribution in [0.3, 0.4) is 0 Å². The molecular weight excluding hydrogens is 258 g/mol. The van der Waals surface area contributed by atoms with E-state index in [1.807, 2.05) is 48.3 Å². The second-order valence-electron chi connectivity index (χ2n) is 4.33. The van der Waals surface area contributed by atoms with Crippen molar-refractivity contribution in [1.82, 2.24) is 0 Å². The Morgan fingerprint density at radius 2 is 2.00 bits per heavy atom. The van der Waals surface area contributed by atoms with E-state index >= 15 is 0 Å². The van der Waals surface area contributed by atoms with Crippen LogP contribution in [0.2, 0.25) is 5.02 Å². The fourth-order valence-corrected chi connectivity index (χ4v) is 2.13. The van der Waals surface area contributed by atoms with Crippen LogP contribution in [0.5, 0.6) is 0 Å². The van der Waals surface area contributed by atoms with Gasteiger partial charge in [-0.1, -0.05) is 23.7 Å². The van der Waals surface area contributed by atoms with Gasteiger partial charge in [0.2, 0.25) is 0 Å². The number of nitrogens with two attached hydrogens (primary N) is 1. The predicted molar refractivity (Wildman–Crippen MR) is 79.1 cm³/mol. The molecule has 2 rings (SSSR count). The van der Waals surface area contributed by atoms with Crippen molar-refractivity contribution in [2.24, 2.45) is 0 Å². The summed E-state index contributed by atoms with van der Waals surface area (Å²) in [5.41, 5.74) is 9.11. The predicted octanol–water partition coefficient (Wildman–Crippen LogP) is 3.43. The van der Waals surface area contributed by atoms with Gasteiger partial charge >= 0.3 is 0 Å². The first-order valence-electron chi connectivity index (χ1n) is 5.86. The quantitative estimate of drug-likeness (QED) is 0.870. The van der Waals surface area contributed by atoms with Gasteiger partial charge in [-0.3, -0.25) is 0 Å². The summed E-state index contributed by atoms with van der Waals surface area (Å²) in [6.07, 6.45) is 0. The van der Waals surface area contributed by atoms with Crippen molar-refractivity contribution in [2.45, 2.75) is 6.54 Å². The standard InChI is InChI=1S/C15H14ClN3/c1-19(12-5-2-4-11(8-12)9-17)10-13-14(16)6-3-7-15(13)18/h2-8H,10,18H2,1H3. The van der Waals surface area contributed by atoms with Crippen molar-refractivity contribution < 1.29 is 0 Å². The fourth-order valence-electron chi connectivity index (χ4n) is 1.88. The molecule has 0 spiro atoms. The zero-order valence-electron chi connectivity index (χ0n) is 10.6. The lowest BCUT2D eigenvalue weighted by Gasteiger charge is -2.21. The molecule has 2 N–H and O–H groups in total. The molecule has 0 unspecified atom stereocenters. The highest BCUT2D eigenvalue weighted by atomic mass is 35.5. The fraction of sp³-hybridized carbons (Fsp3) is 0.133. The summed E-state index contributed by atoms with van der Waals surface area (Å²) in [5.74, 6) is 0. The molecule has 0 aliphatic carbocycles. The molecular formula is C15H14ClN3. The maximum atomic E-state index is 8.91. The molecule has 0 aliphatic heterocycles. The molecule has 2 aromatic carbocycles. The average Bonchev–Trinajstić information content (AvgIpc) is 2.43. The number of halogens is 1. The molecule has 96 valence electrons. The van der Waals surface area contributed by atoms with Crippen LogP contribution in [0, 0.1) is 11.3 Å². The number of hydrogen-bond donors (Lipinski definition) is 1. The summed E-state index contributed by atoms with van der Waals surface area (Å²) >= 11 is 6.16. The third-order valence-electron chi connectivity index (χ3n) is 2.97. The number of nitriles is 1. The molecule has 2 aromatic rings. The monoisotopic (exact) mass is 271 g/mol. The number of benzene rings is 2. The summed E-state index contributed by atoms with van der Waals surface area (Å²) in [5, 5.41) is 9.57. The van der Waals surface area contributed by atoms with Crippen molar-refractivity contribution in [3.63, 3.8) is 0 Å². The average molecular weight is 272 g/mol. The van der Waals surface area contributed by atoms with Crippen LogP contribution in [-0.4, -0.2) is 7.05 Å². The van der Waals surface area contributed by atoms with Crippen LogP contribution < -0.4 is 10.6 Å². The molecule has 0 aromatic heterocycles. The minimum absolute atomic E-state index is 0.598. The van der Waals surface area contributed by atoms with Crippen molar-refractivity contribution in [2.75, 3.05) is 17.7 Å². The van der Waals surface area contributed by atoms with Gasteiger partial charge in [0.15, 0.2) is 0 Å². The first-order valence-corrected chi connectivity index (χ1v) is 6.24. The van der Waals surface area contributed by atoms with E-state index in [4.69, 9.17) is 22.6 Å². The Labute approximate surface area is 117 Å². The van der Waals surface area contributed by atoms with Crippen LogP contribution in [0.15, 0.2) is 42.5 Å². The topological polar surface area (TPSA) is 53.0 Å². The lowest BCUT2D eigenvalue weighted by Crippen LogP contribution is -2.17. The molecule has 0 amide bonds. The molecule has 19 heavy (non-hydrogen) atoms. The van der Waals surface area contributed by atoms with Crippen LogP contribution >= 0.6 is 11.6 Å². The highest BCUT2D eigenvalue weighted by molar-refractivity contribution is 6.31. The largest absolute Gasteiger partial charge is 0.398 e.